The molecule has 0 aliphatic carbocycles. The molecule has 23 heavy (non-hydrogen) atoms. The number of unbranched alkanes of at least 4 members (excludes halogenated alkanes) is 2. The molecule has 0 spiro atoms. The van der Waals surface area contributed by atoms with Crippen LogP contribution in [0.15, 0.2) is 42.6 Å². The van der Waals surface area contributed by atoms with E-state index in [1.54, 1.807) is 6.20 Å². The Hall–Kier alpha value is -2.16. The molecule has 0 saturated heterocycles. The summed E-state index contributed by atoms with van der Waals surface area (Å²) in [6.07, 6.45) is 7.55. The lowest BCUT2D eigenvalue weighted by Gasteiger charge is -2.20. The Morgan fingerprint density at radius 3 is 2.48 bits per heavy atom. The molecule has 0 aliphatic heterocycles. The van der Waals surface area contributed by atoms with Crippen molar-refractivity contribution in [2.24, 2.45) is 5.73 Å². The topological polar surface area (TPSA) is 56.0 Å². The number of rotatable bonds is 8. The maximum Gasteiger partial charge on any atom is 0.267 e. The summed E-state index contributed by atoms with van der Waals surface area (Å²) in [5, 5.41) is 0. The van der Waals surface area contributed by atoms with Gasteiger partial charge in [-0.25, -0.2) is 0 Å². The smallest absolute Gasteiger partial charge is 0.267 e. The highest BCUT2D eigenvalue weighted by molar-refractivity contribution is 5.98. The second kappa shape index (κ2) is 8.47. The predicted molar refractivity (Wildman–Crippen MR) is 95.4 cm³/mol. The van der Waals surface area contributed by atoms with E-state index in [2.05, 4.69) is 24.9 Å². The Morgan fingerprint density at radius 2 is 1.87 bits per heavy atom. The Labute approximate surface area is 138 Å². The van der Waals surface area contributed by atoms with E-state index >= 15 is 0 Å². The van der Waals surface area contributed by atoms with Crippen LogP contribution in [0.3, 0.4) is 0 Å². The standard InChI is InChI=1S/C20H26N2O/c1-3-5-7-10-15(4-2)17-13-14-22-19(20(21)23)18(17)16-11-8-6-9-12-16/h6,8-9,11-15H,3-5,7,10H2,1-2H3,(H2,21,23). The van der Waals surface area contributed by atoms with E-state index in [1.165, 1.54) is 24.8 Å². The molecule has 1 unspecified atom stereocenters. The number of carbonyl (C=O) groups is 1. The van der Waals surface area contributed by atoms with Gasteiger partial charge in [0.1, 0.15) is 5.69 Å². The number of carbonyl (C=O) groups excluding carboxylic acids is 1. The van der Waals surface area contributed by atoms with Crippen LogP contribution in [0.2, 0.25) is 0 Å². The summed E-state index contributed by atoms with van der Waals surface area (Å²) in [5.74, 6) is -0.0352. The molecule has 3 heteroatoms. The van der Waals surface area contributed by atoms with E-state index in [0.717, 1.165) is 24.0 Å². The summed E-state index contributed by atoms with van der Waals surface area (Å²) < 4.78 is 0. The molecule has 1 aromatic carbocycles. The maximum atomic E-state index is 11.9. The molecule has 0 aliphatic rings. The molecule has 1 amide bonds. The zero-order valence-electron chi connectivity index (χ0n) is 14.1. The summed E-state index contributed by atoms with van der Waals surface area (Å²) in [6.45, 7) is 4.42. The lowest BCUT2D eigenvalue weighted by atomic mass is 9.85. The minimum absolute atomic E-state index is 0.377. The van der Waals surface area contributed by atoms with Crippen molar-refractivity contribution in [3.63, 3.8) is 0 Å². The second-order valence-electron chi connectivity index (χ2n) is 5.96. The van der Waals surface area contributed by atoms with Crippen LogP contribution in [-0.2, 0) is 0 Å². The Kier molecular flexibility index (Phi) is 6.33. The van der Waals surface area contributed by atoms with Gasteiger partial charge in [0.25, 0.3) is 5.91 Å². The third-order valence-electron chi connectivity index (χ3n) is 4.37. The molecule has 0 fully saturated rings. The highest BCUT2D eigenvalue weighted by Crippen LogP contribution is 2.35. The summed E-state index contributed by atoms with van der Waals surface area (Å²) in [4.78, 5) is 16.1. The largest absolute Gasteiger partial charge is 0.364 e. The molecule has 1 atom stereocenters. The zero-order chi connectivity index (χ0) is 16.7. The zero-order valence-corrected chi connectivity index (χ0v) is 14.1. The summed E-state index contributed by atoms with van der Waals surface area (Å²) >= 11 is 0. The highest BCUT2D eigenvalue weighted by atomic mass is 16.1. The van der Waals surface area contributed by atoms with Crippen molar-refractivity contribution in [1.29, 1.82) is 0 Å². The van der Waals surface area contributed by atoms with Gasteiger partial charge in [-0.2, -0.15) is 0 Å². The second-order valence-corrected chi connectivity index (χ2v) is 5.96. The first-order valence-corrected chi connectivity index (χ1v) is 8.53. The highest BCUT2D eigenvalue weighted by Gasteiger charge is 2.20. The van der Waals surface area contributed by atoms with Crippen molar-refractivity contribution in [3.8, 4) is 11.1 Å². The van der Waals surface area contributed by atoms with Crippen LogP contribution < -0.4 is 5.73 Å². The normalized spacial score (nSPS) is 12.1. The van der Waals surface area contributed by atoms with Crippen molar-refractivity contribution in [2.45, 2.75) is 51.9 Å². The van der Waals surface area contributed by atoms with Crippen LogP contribution in [0.5, 0.6) is 0 Å². The van der Waals surface area contributed by atoms with Gasteiger partial charge in [-0.3, -0.25) is 9.78 Å². The van der Waals surface area contributed by atoms with Crippen molar-refractivity contribution in [3.05, 3.63) is 53.9 Å². The molecule has 3 nitrogen and oxygen atoms in total. The number of aromatic nitrogens is 1. The van der Waals surface area contributed by atoms with Gasteiger partial charge >= 0.3 is 0 Å². The van der Waals surface area contributed by atoms with Crippen molar-refractivity contribution in [2.75, 3.05) is 0 Å². The summed E-state index contributed by atoms with van der Waals surface area (Å²) in [6, 6.07) is 12.0. The molecule has 0 bridgehead atoms. The van der Waals surface area contributed by atoms with Crippen LogP contribution >= 0.6 is 0 Å². The molecular weight excluding hydrogens is 284 g/mol. The van der Waals surface area contributed by atoms with E-state index in [0.29, 0.717) is 11.6 Å². The fourth-order valence-corrected chi connectivity index (χ4v) is 3.13. The minimum atomic E-state index is -0.464. The number of benzene rings is 1. The molecule has 0 radical (unpaired) electrons. The monoisotopic (exact) mass is 310 g/mol. The van der Waals surface area contributed by atoms with Gasteiger partial charge in [-0.1, -0.05) is 63.4 Å². The van der Waals surface area contributed by atoms with Crippen LogP contribution in [0.1, 0.15) is 67.9 Å². The number of nitrogens with two attached hydrogens (primary N) is 1. The number of primary amides is 1. The first-order valence-electron chi connectivity index (χ1n) is 8.53. The SMILES string of the molecule is CCCCCC(CC)c1ccnc(C(N)=O)c1-c1ccccc1. The number of hydrogen-bond acceptors (Lipinski definition) is 2. The Bertz CT molecular complexity index is 637. The lowest BCUT2D eigenvalue weighted by molar-refractivity contribution is 0.0996. The summed E-state index contributed by atoms with van der Waals surface area (Å²) in [5.41, 5.74) is 9.07. The molecule has 2 N–H and O–H groups in total. The van der Waals surface area contributed by atoms with Gasteiger partial charge < -0.3 is 5.73 Å². The summed E-state index contributed by atoms with van der Waals surface area (Å²) in [7, 11) is 0. The number of pyridine rings is 1. The van der Waals surface area contributed by atoms with Crippen LogP contribution in [0, 0.1) is 0 Å². The van der Waals surface area contributed by atoms with Gasteiger partial charge in [0.15, 0.2) is 0 Å². The van der Waals surface area contributed by atoms with E-state index in [-0.39, 0.29) is 0 Å². The van der Waals surface area contributed by atoms with Gasteiger partial charge in [0.05, 0.1) is 0 Å². The van der Waals surface area contributed by atoms with Gasteiger partial charge in [-0.05, 0) is 36.0 Å². The van der Waals surface area contributed by atoms with Gasteiger partial charge in [0, 0.05) is 11.8 Å². The molecule has 122 valence electrons. The average molecular weight is 310 g/mol. The van der Waals surface area contributed by atoms with Gasteiger partial charge in [0.2, 0.25) is 0 Å². The first-order chi connectivity index (χ1) is 11.2. The number of hydrogen-bond donors (Lipinski definition) is 1. The maximum absolute atomic E-state index is 11.9. The molecule has 1 aromatic heterocycles. The van der Waals surface area contributed by atoms with Crippen molar-refractivity contribution < 1.29 is 4.79 Å². The van der Waals surface area contributed by atoms with Crippen LogP contribution in [-0.4, -0.2) is 10.9 Å². The molecule has 0 saturated carbocycles. The average Bonchev–Trinajstić information content (AvgIpc) is 2.59. The lowest BCUT2D eigenvalue weighted by Crippen LogP contribution is -2.16. The third kappa shape index (κ3) is 4.19. The quantitative estimate of drug-likeness (QED) is 0.703. The Morgan fingerprint density at radius 1 is 1.13 bits per heavy atom. The molecule has 2 rings (SSSR count). The molecule has 1 heterocycles. The fraction of sp³-hybridized carbons (Fsp3) is 0.400. The first kappa shape index (κ1) is 17.2. The number of amides is 1. The minimum Gasteiger partial charge on any atom is -0.364 e. The molecular formula is C20H26N2O. The Balaban J connectivity index is 2.50. The van der Waals surface area contributed by atoms with Crippen LogP contribution in [0.4, 0.5) is 0 Å². The van der Waals surface area contributed by atoms with Gasteiger partial charge in [-0.15, -0.1) is 0 Å². The predicted octanol–water partition coefficient (Wildman–Crippen LogP) is 4.92. The van der Waals surface area contributed by atoms with E-state index < -0.39 is 5.91 Å². The fourth-order valence-electron chi connectivity index (χ4n) is 3.13. The van der Waals surface area contributed by atoms with Crippen molar-refractivity contribution >= 4 is 5.91 Å². The van der Waals surface area contributed by atoms with Crippen LogP contribution in [0.25, 0.3) is 11.1 Å². The van der Waals surface area contributed by atoms with Crippen molar-refractivity contribution in [1.82, 2.24) is 4.98 Å². The number of nitrogens with zero attached hydrogens (tertiary/aromatic N) is 1. The molecule has 2 aromatic rings. The van der Waals surface area contributed by atoms with E-state index in [9.17, 15) is 4.79 Å². The van der Waals surface area contributed by atoms with E-state index in [4.69, 9.17) is 5.73 Å². The third-order valence-corrected chi connectivity index (χ3v) is 4.37. The van der Waals surface area contributed by atoms with E-state index in [1.807, 2.05) is 30.3 Å².